The van der Waals surface area contributed by atoms with E-state index in [1.807, 2.05) is 6.92 Å². The molecule has 1 rings (SSSR count). The maximum Gasteiger partial charge on any atom is 0.330 e. The quantitative estimate of drug-likeness (QED) is 0.0567. The van der Waals surface area contributed by atoms with Gasteiger partial charge in [0, 0.05) is 50.7 Å². The Hall–Kier alpha value is -4.33. The van der Waals surface area contributed by atoms with Gasteiger partial charge in [-0.15, -0.1) is 0 Å². The Morgan fingerprint density at radius 2 is 1.10 bits per heavy atom. The normalized spacial score (nSPS) is 14.1. The molecule has 1 heterocycles. The molecule has 286 valence electrons. The van der Waals surface area contributed by atoms with Crippen molar-refractivity contribution in [3.05, 3.63) is 38.0 Å². The summed E-state index contributed by atoms with van der Waals surface area (Å²) in [5.74, 6) is -3.02. The molecule has 14 heteroatoms. The third-order valence-electron chi connectivity index (χ3n) is 6.16. The van der Waals surface area contributed by atoms with Crippen molar-refractivity contribution in [2.45, 2.75) is 129 Å². The second kappa shape index (κ2) is 36.0. The smallest absolute Gasteiger partial charge is 0.330 e. The number of rotatable bonds is 22. The van der Waals surface area contributed by atoms with Crippen LogP contribution in [0.15, 0.2) is 38.0 Å². The summed E-state index contributed by atoms with van der Waals surface area (Å²) in [5, 5.41) is 16.4. The number of aliphatic carboxylic acids is 2. The van der Waals surface area contributed by atoms with Gasteiger partial charge < -0.3 is 33.9 Å². The zero-order chi connectivity index (χ0) is 38.6. The molecule has 0 bridgehead atoms. The highest BCUT2D eigenvalue weighted by Gasteiger charge is 2.27. The number of ketones is 1. The van der Waals surface area contributed by atoms with Crippen LogP contribution in [0.25, 0.3) is 0 Å². The number of esters is 4. The zero-order valence-electron chi connectivity index (χ0n) is 30.0. The van der Waals surface area contributed by atoms with Crippen LogP contribution in [-0.2, 0) is 57.2 Å². The van der Waals surface area contributed by atoms with E-state index >= 15 is 0 Å². The highest BCUT2D eigenvalue weighted by Crippen LogP contribution is 2.19. The molecule has 14 nitrogen and oxygen atoms in total. The predicted octanol–water partition coefficient (Wildman–Crippen LogP) is 6.05. The van der Waals surface area contributed by atoms with Crippen LogP contribution in [0.1, 0.15) is 117 Å². The monoisotopic (exact) mass is 714 g/mol. The number of carboxylic acid groups (broad SMARTS) is 2. The van der Waals surface area contributed by atoms with Crippen LogP contribution in [0.2, 0.25) is 0 Å². The molecule has 0 spiro atoms. The largest absolute Gasteiger partial charge is 0.481 e. The number of ether oxygens (including phenoxy) is 5. The number of hydrogen-bond acceptors (Lipinski definition) is 12. The first-order valence-electron chi connectivity index (χ1n) is 16.9. The van der Waals surface area contributed by atoms with Gasteiger partial charge in [-0.2, -0.15) is 0 Å². The van der Waals surface area contributed by atoms with E-state index in [9.17, 15) is 33.6 Å². The number of allylic oxidation sites excluding steroid dienone is 1. The Balaban J connectivity index is -0.000000726. The van der Waals surface area contributed by atoms with Gasteiger partial charge in [-0.1, -0.05) is 52.8 Å². The van der Waals surface area contributed by atoms with Gasteiger partial charge >= 0.3 is 35.8 Å². The Labute approximate surface area is 296 Å². The van der Waals surface area contributed by atoms with E-state index in [2.05, 4.69) is 31.4 Å². The van der Waals surface area contributed by atoms with E-state index < -0.39 is 30.2 Å². The molecule has 0 saturated carbocycles. The summed E-state index contributed by atoms with van der Waals surface area (Å²) in [4.78, 5) is 74.4. The first-order valence-corrected chi connectivity index (χ1v) is 16.9. The van der Waals surface area contributed by atoms with Gasteiger partial charge in [-0.25, -0.2) is 9.59 Å². The maximum absolute atomic E-state index is 11.8. The van der Waals surface area contributed by atoms with Crippen LogP contribution in [0.4, 0.5) is 0 Å². The van der Waals surface area contributed by atoms with E-state index in [4.69, 9.17) is 29.2 Å². The van der Waals surface area contributed by atoms with E-state index in [1.165, 1.54) is 13.0 Å². The minimum absolute atomic E-state index is 0.0185. The van der Waals surface area contributed by atoms with Gasteiger partial charge in [0.1, 0.15) is 6.10 Å². The Morgan fingerprint density at radius 1 is 0.660 bits per heavy atom. The molecule has 2 unspecified atom stereocenters. The lowest BCUT2D eigenvalue weighted by Gasteiger charge is -2.28. The van der Waals surface area contributed by atoms with Gasteiger partial charge in [-0.3, -0.25) is 24.0 Å². The van der Waals surface area contributed by atoms with Gasteiger partial charge in [0.15, 0.2) is 5.78 Å². The second-order valence-corrected chi connectivity index (χ2v) is 10.7. The van der Waals surface area contributed by atoms with Crippen molar-refractivity contribution in [3.63, 3.8) is 0 Å². The minimum Gasteiger partial charge on any atom is -0.481 e. The van der Waals surface area contributed by atoms with E-state index in [1.54, 1.807) is 0 Å². The summed E-state index contributed by atoms with van der Waals surface area (Å²) in [5.41, 5.74) is 0. The van der Waals surface area contributed by atoms with Gasteiger partial charge in [0.2, 0.25) is 6.29 Å². The standard InChI is InChI=1S/C18H28O7.C8H12O4.C6H12O2.C4H6O/c1-3-5-8-17(21)25-18-13-14(10-12-23-18)24-16(20)9-6-7-11-22-15(19)4-2;1-2-8(11)12-6-4-3-5-7(9)10;1-2-3-4-5-6(7)8;1-3-4(2)5/h4,14,18H,2-3,5-13H2,1H3;2H,1,3-6H2,(H,9,10);2-5H2,1H3,(H,7,8);3H,1H2,2H3. The SMILES string of the molecule is C=CC(=O)OCCCCC(=O)O.C=CC(=O)OCCCCC(=O)OC1CCOC(OC(=O)CCCC)C1.C=CC(C)=O.CCCCCC(=O)O. The minimum atomic E-state index is -0.829. The number of carbonyl (C=O) groups is 7. The van der Waals surface area contributed by atoms with Crippen molar-refractivity contribution in [1.29, 1.82) is 0 Å². The third-order valence-corrected chi connectivity index (χ3v) is 6.16. The molecule has 2 atom stereocenters. The fourth-order valence-electron chi connectivity index (χ4n) is 3.43. The lowest BCUT2D eigenvalue weighted by molar-refractivity contribution is -0.202. The summed E-state index contributed by atoms with van der Waals surface area (Å²) in [6.07, 6.45) is 11.5. The Morgan fingerprint density at radius 3 is 1.54 bits per heavy atom. The van der Waals surface area contributed by atoms with E-state index in [0.29, 0.717) is 58.0 Å². The summed E-state index contributed by atoms with van der Waals surface area (Å²) in [6.45, 7) is 16.2. The highest BCUT2D eigenvalue weighted by molar-refractivity contribution is 5.86. The van der Waals surface area contributed by atoms with Crippen molar-refractivity contribution >= 4 is 41.6 Å². The van der Waals surface area contributed by atoms with Crippen LogP contribution in [0, 0.1) is 0 Å². The molecule has 1 saturated heterocycles. The maximum atomic E-state index is 11.8. The van der Waals surface area contributed by atoms with Crippen LogP contribution in [0.3, 0.4) is 0 Å². The summed E-state index contributed by atoms with van der Waals surface area (Å²) < 4.78 is 25.5. The van der Waals surface area contributed by atoms with Gasteiger partial charge in [0.05, 0.1) is 19.8 Å². The number of carbonyl (C=O) groups excluding carboxylic acids is 5. The van der Waals surface area contributed by atoms with Crippen molar-refractivity contribution < 1.29 is 67.5 Å². The molecule has 0 aromatic heterocycles. The third kappa shape index (κ3) is 39.8. The van der Waals surface area contributed by atoms with Crippen molar-refractivity contribution in [2.24, 2.45) is 0 Å². The fraction of sp³-hybridized carbons (Fsp3) is 0.639. The fourth-order valence-corrected chi connectivity index (χ4v) is 3.43. The van der Waals surface area contributed by atoms with E-state index in [-0.39, 0.29) is 49.9 Å². The first kappa shape index (κ1) is 50.1. The molecule has 1 aliphatic rings. The van der Waals surface area contributed by atoms with Crippen LogP contribution in [-0.4, -0.2) is 84.0 Å². The second-order valence-electron chi connectivity index (χ2n) is 10.7. The van der Waals surface area contributed by atoms with Crippen LogP contribution in [0.5, 0.6) is 0 Å². The molecule has 0 aliphatic carbocycles. The van der Waals surface area contributed by atoms with Crippen molar-refractivity contribution in [3.8, 4) is 0 Å². The molecule has 0 radical (unpaired) electrons. The molecule has 1 aliphatic heterocycles. The molecule has 2 N–H and O–H groups in total. The van der Waals surface area contributed by atoms with Gasteiger partial charge in [-0.05, 0) is 51.5 Å². The molecule has 50 heavy (non-hydrogen) atoms. The van der Waals surface area contributed by atoms with Gasteiger partial charge in [0.25, 0.3) is 0 Å². The molecular formula is C36H58O14. The predicted molar refractivity (Wildman–Crippen MR) is 185 cm³/mol. The Bertz CT molecular complexity index is 1020. The summed E-state index contributed by atoms with van der Waals surface area (Å²) in [6, 6.07) is 0. The zero-order valence-corrected chi connectivity index (χ0v) is 30.0. The number of unbranched alkanes of at least 4 members (excludes halogenated alkanes) is 5. The summed E-state index contributed by atoms with van der Waals surface area (Å²) in [7, 11) is 0. The summed E-state index contributed by atoms with van der Waals surface area (Å²) >= 11 is 0. The first-order chi connectivity index (χ1) is 23.7. The molecule has 1 fully saturated rings. The van der Waals surface area contributed by atoms with Crippen LogP contribution < -0.4 is 0 Å². The molecule has 0 aromatic rings. The number of hydrogen-bond donors (Lipinski definition) is 2. The topological polar surface area (TPSA) is 206 Å². The van der Waals surface area contributed by atoms with Crippen LogP contribution >= 0.6 is 0 Å². The lowest BCUT2D eigenvalue weighted by atomic mass is 10.1. The van der Waals surface area contributed by atoms with Crippen molar-refractivity contribution in [2.75, 3.05) is 19.8 Å². The number of carboxylic acids is 2. The lowest BCUT2D eigenvalue weighted by Crippen LogP contribution is -2.35. The molecule has 0 aromatic carbocycles. The average molecular weight is 715 g/mol. The highest BCUT2D eigenvalue weighted by atomic mass is 16.7. The molecular weight excluding hydrogens is 656 g/mol. The average Bonchev–Trinajstić information content (AvgIpc) is 3.07. The van der Waals surface area contributed by atoms with E-state index in [0.717, 1.165) is 44.3 Å². The molecule has 0 amide bonds. The van der Waals surface area contributed by atoms with Crippen molar-refractivity contribution in [1.82, 2.24) is 0 Å². The Kier molecular flexibility index (Phi) is 36.0.